The summed E-state index contributed by atoms with van der Waals surface area (Å²) in [6.45, 7) is 5.90. The fourth-order valence-corrected chi connectivity index (χ4v) is 5.91. The Bertz CT molecular complexity index is 1340. The smallest absolute Gasteiger partial charge is 0.365 e. The SMILES string of the molecule is CC(=O)c1cc(C(=O)N[C@@H]2C[C@@]3(C)O[C@]2(C)[C@@H]2C(=O)N(c4ccc(C)c(C(F)(F)F)c4)C(=O)[C@@H]23)n[nH]1. The summed E-state index contributed by atoms with van der Waals surface area (Å²) in [6, 6.07) is 3.97. The quantitative estimate of drug-likeness (QED) is 0.488. The number of hydrogen-bond donors (Lipinski definition) is 2. The molecule has 0 aliphatic carbocycles. The fraction of sp³-hybridized carbons (Fsp3) is 0.458. The summed E-state index contributed by atoms with van der Waals surface area (Å²) in [5.41, 5.74) is -3.38. The predicted molar refractivity (Wildman–Crippen MR) is 118 cm³/mol. The van der Waals surface area contributed by atoms with Gasteiger partial charge in [-0.25, -0.2) is 4.90 Å². The monoisotopic (exact) mass is 504 g/mol. The molecule has 4 heterocycles. The van der Waals surface area contributed by atoms with E-state index in [4.69, 9.17) is 4.74 Å². The Morgan fingerprint density at radius 2 is 1.83 bits per heavy atom. The summed E-state index contributed by atoms with van der Waals surface area (Å²) in [7, 11) is 0. The van der Waals surface area contributed by atoms with Crippen molar-refractivity contribution in [2.75, 3.05) is 4.90 Å². The highest BCUT2D eigenvalue weighted by Gasteiger charge is 2.76. The van der Waals surface area contributed by atoms with Gasteiger partial charge in [0.05, 0.1) is 40.3 Å². The van der Waals surface area contributed by atoms with Gasteiger partial charge >= 0.3 is 6.18 Å². The summed E-state index contributed by atoms with van der Waals surface area (Å²) in [4.78, 5) is 52.1. The number of Topliss-reactive ketones (excluding diaryl/α,β-unsaturated/α-hetero) is 1. The number of alkyl halides is 3. The van der Waals surface area contributed by atoms with Crippen molar-refractivity contribution in [1.82, 2.24) is 15.5 Å². The first-order valence-corrected chi connectivity index (χ1v) is 11.3. The molecule has 2 bridgehead atoms. The molecule has 2 aromatic rings. The summed E-state index contributed by atoms with van der Waals surface area (Å²) in [6.07, 6.45) is -4.44. The largest absolute Gasteiger partial charge is 0.416 e. The zero-order chi connectivity index (χ0) is 26.4. The van der Waals surface area contributed by atoms with Crippen LogP contribution in [0.2, 0.25) is 0 Å². The van der Waals surface area contributed by atoms with Crippen molar-refractivity contribution in [3.05, 3.63) is 46.8 Å². The van der Waals surface area contributed by atoms with Crippen LogP contribution in [-0.4, -0.2) is 50.9 Å². The number of nitrogens with zero attached hydrogens (tertiary/aromatic N) is 2. The van der Waals surface area contributed by atoms with E-state index in [1.807, 2.05) is 0 Å². The highest BCUT2D eigenvalue weighted by molar-refractivity contribution is 6.23. The van der Waals surface area contributed by atoms with Gasteiger partial charge in [-0.15, -0.1) is 0 Å². The summed E-state index contributed by atoms with van der Waals surface area (Å²) >= 11 is 0. The van der Waals surface area contributed by atoms with Crippen molar-refractivity contribution in [2.45, 2.75) is 57.5 Å². The number of aromatic amines is 1. The van der Waals surface area contributed by atoms with Gasteiger partial charge in [-0.3, -0.25) is 24.3 Å². The van der Waals surface area contributed by atoms with Crippen LogP contribution in [0.5, 0.6) is 0 Å². The van der Waals surface area contributed by atoms with Gasteiger partial charge in [0, 0.05) is 13.3 Å². The van der Waals surface area contributed by atoms with Gasteiger partial charge in [0.25, 0.3) is 5.91 Å². The van der Waals surface area contributed by atoms with Crippen molar-refractivity contribution in [2.24, 2.45) is 11.8 Å². The standard InChI is InChI=1S/C24H23F3N4O5/c1-10-5-6-12(7-13(10)24(25,26)27)31-20(34)17-18(21(31)35)23(4)16(9-22(17,3)36-23)28-19(33)15-8-14(11(2)32)29-30-15/h5-8,16-18H,9H2,1-4H3,(H,28,33)(H,29,30)/t16-,17-,18+,22-,23+/m1/s1. The van der Waals surface area contributed by atoms with E-state index in [-0.39, 0.29) is 34.8 Å². The minimum atomic E-state index is -4.65. The number of H-pyrrole nitrogens is 1. The van der Waals surface area contributed by atoms with Crippen LogP contribution < -0.4 is 10.2 Å². The second kappa shape index (κ2) is 7.48. The topological polar surface area (TPSA) is 121 Å². The third kappa shape index (κ3) is 3.30. The molecule has 0 saturated carbocycles. The Balaban J connectivity index is 1.45. The normalized spacial score (nSPS) is 31.2. The number of halogens is 3. The van der Waals surface area contributed by atoms with Crippen LogP contribution in [0.25, 0.3) is 0 Å². The van der Waals surface area contributed by atoms with Crippen LogP contribution in [-0.2, 0) is 20.5 Å². The molecule has 3 saturated heterocycles. The first-order valence-electron chi connectivity index (χ1n) is 11.3. The number of rotatable bonds is 4. The molecule has 190 valence electrons. The van der Waals surface area contributed by atoms with E-state index < -0.39 is 58.5 Å². The molecule has 3 aliphatic rings. The van der Waals surface area contributed by atoms with Crippen molar-refractivity contribution >= 4 is 29.2 Å². The number of benzene rings is 1. The lowest BCUT2D eigenvalue weighted by atomic mass is 9.66. The first kappa shape index (κ1) is 24.2. The van der Waals surface area contributed by atoms with Gasteiger partial charge < -0.3 is 10.1 Å². The van der Waals surface area contributed by atoms with Crippen LogP contribution in [0.1, 0.15) is 59.3 Å². The van der Waals surface area contributed by atoms with E-state index in [9.17, 15) is 32.3 Å². The number of aryl methyl sites for hydroxylation is 1. The zero-order valence-corrected chi connectivity index (χ0v) is 19.8. The van der Waals surface area contributed by atoms with Gasteiger partial charge in [-0.2, -0.15) is 18.3 Å². The second-order valence-electron chi connectivity index (χ2n) is 10.0. The summed E-state index contributed by atoms with van der Waals surface area (Å²) in [5, 5.41) is 9.11. The number of ketones is 1. The average Bonchev–Trinajstić information content (AvgIpc) is 3.47. The molecule has 9 nitrogen and oxygen atoms in total. The zero-order valence-electron chi connectivity index (χ0n) is 19.8. The molecule has 0 radical (unpaired) electrons. The molecule has 1 aromatic heterocycles. The molecule has 36 heavy (non-hydrogen) atoms. The van der Waals surface area contributed by atoms with Gasteiger partial charge in [0.2, 0.25) is 11.8 Å². The van der Waals surface area contributed by atoms with E-state index in [2.05, 4.69) is 15.5 Å². The van der Waals surface area contributed by atoms with E-state index >= 15 is 0 Å². The molecule has 3 aliphatic heterocycles. The molecule has 3 amide bonds. The van der Waals surface area contributed by atoms with E-state index in [0.717, 1.165) is 11.0 Å². The maximum Gasteiger partial charge on any atom is 0.416 e. The second-order valence-corrected chi connectivity index (χ2v) is 10.0. The molecule has 0 spiro atoms. The van der Waals surface area contributed by atoms with Gasteiger partial charge in [0.15, 0.2) is 11.5 Å². The van der Waals surface area contributed by atoms with Crippen molar-refractivity contribution in [1.29, 1.82) is 0 Å². The summed E-state index contributed by atoms with van der Waals surface area (Å²) < 4.78 is 46.6. The van der Waals surface area contributed by atoms with Crippen LogP contribution in [0.3, 0.4) is 0 Å². The molecule has 2 N–H and O–H groups in total. The van der Waals surface area contributed by atoms with Crippen molar-refractivity contribution in [3.63, 3.8) is 0 Å². The lowest BCUT2D eigenvalue weighted by Crippen LogP contribution is -2.56. The number of imide groups is 1. The summed E-state index contributed by atoms with van der Waals surface area (Å²) in [5.74, 6) is -4.11. The molecular weight excluding hydrogens is 481 g/mol. The number of hydrogen-bond acceptors (Lipinski definition) is 6. The average molecular weight is 504 g/mol. The van der Waals surface area contributed by atoms with Gasteiger partial charge in [-0.05, 0) is 44.5 Å². The molecule has 5 atom stereocenters. The van der Waals surface area contributed by atoms with E-state index in [1.165, 1.54) is 32.0 Å². The Hall–Kier alpha value is -3.54. The lowest BCUT2D eigenvalue weighted by Gasteiger charge is -2.35. The molecule has 1 aromatic carbocycles. The Kier molecular flexibility index (Phi) is 5.02. The van der Waals surface area contributed by atoms with E-state index in [0.29, 0.717) is 0 Å². The number of carbonyl (C=O) groups is 4. The predicted octanol–water partition coefficient (Wildman–Crippen LogP) is 2.80. The molecule has 0 unspecified atom stereocenters. The van der Waals surface area contributed by atoms with Crippen LogP contribution in [0.15, 0.2) is 24.3 Å². The van der Waals surface area contributed by atoms with Crippen LogP contribution >= 0.6 is 0 Å². The van der Waals surface area contributed by atoms with Crippen LogP contribution in [0, 0.1) is 18.8 Å². The number of aromatic nitrogens is 2. The minimum Gasteiger partial charge on any atom is -0.365 e. The fourth-order valence-electron chi connectivity index (χ4n) is 5.91. The first-order chi connectivity index (χ1) is 16.7. The Labute approximate surface area is 203 Å². The van der Waals surface area contributed by atoms with Crippen molar-refractivity contribution < 1.29 is 37.1 Å². The molecule has 5 rings (SSSR count). The van der Waals surface area contributed by atoms with Gasteiger partial charge in [0.1, 0.15) is 5.69 Å². The number of nitrogens with one attached hydrogen (secondary N) is 2. The third-order valence-corrected chi connectivity index (χ3v) is 7.62. The highest BCUT2D eigenvalue weighted by atomic mass is 19.4. The number of ether oxygens (including phenoxy) is 1. The molecule has 3 fully saturated rings. The number of fused-ring (bicyclic) bond motifs is 5. The van der Waals surface area contributed by atoms with Gasteiger partial charge in [-0.1, -0.05) is 6.07 Å². The maximum atomic E-state index is 13.5. The number of anilines is 1. The van der Waals surface area contributed by atoms with Crippen LogP contribution in [0.4, 0.5) is 18.9 Å². The molecule has 12 heteroatoms. The Morgan fingerprint density at radius 3 is 2.44 bits per heavy atom. The number of carbonyl (C=O) groups excluding carboxylic acids is 4. The maximum absolute atomic E-state index is 13.5. The number of amides is 3. The molecular formula is C24H23F3N4O5. The Morgan fingerprint density at radius 1 is 1.17 bits per heavy atom. The van der Waals surface area contributed by atoms with E-state index in [1.54, 1.807) is 13.8 Å². The third-order valence-electron chi connectivity index (χ3n) is 7.62. The minimum absolute atomic E-state index is 0.0249. The lowest BCUT2D eigenvalue weighted by molar-refractivity contribution is -0.138. The van der Waals surface area contributed by atoms with Crippen molar-refractivity contribution in [3.8, 4) is 0 Å². The highest BCUT2D eigenvalue weighted by Crippen LogP contribution is 2.61.